The SMILES string of the molecule is O=C(CSc1nnc2n(Cc3ccccc3)c(=O)c3ccccc3n12)Nc1ccc(F)c(F)c1F. The van der Waals surface area contributed by atoms with E-state index in [-0.39, 0.29) is 17.9 Å². The van der Waals surface area contributed by atoms with Crippen molar-refractivity contribution in [3.05, 3.63) is 100 Å². The molecule has 0 atom stereocenters. The van der Waals surface area contributed by atoms with E-state index in [2.05, 4.69) is 15.5 Å². The van der Waals surface area contributed by atoms with E-state index in [1.807, 2.05) is 30.3 Å². The second-order valence-corrected chi connectivity index (χ2v) is 8.51. The average Bonchev–Trinajstić information content (AvgIpc) is 3.30. The quantitative estimate of drug-likeness (QED) is 0.282. The van der Waals surface area contributed by atoms with Gasteiger partial charge in [-0.15, -0.1) is 10.2 Å². The predicted octanol–water partition coefficient (Wildman–Crippen LogP) is 4.24. The summed E-state index contributed by atoms with van der Waals surface area (Å²) in [7, 11) is 0. The van der Waals surface area contributed by atoms with Crippen molar-refractivity contribution in [3.63, 3.8) is 0 Å². The van der Waals surface area contributed by atoms with Crippen LogP contribution in [0.2, 0.25) is 0 Å². The van der Waals surface area contributed by atoms with Gasteiger partial charge < -0.3 is 5.32 Å². The molecule has 11 heteroatoms. The van der Waals surface area contributed by atoms with Gasteiger partial charge in [-0.25, -0.2) is 13.2 Å². The molecule has 0 saturated carbocycles. The third-order valence-electron chi connectivity index (χ3n) is 5.30. The van der Waals surface area contributed by atoms with Gasteiger partial charge in [0.1, 0.15) is 0 Å². The van der Waals surface area contributed by atoms with Crippen molar-refractivity contribution < 1.29 is 18.0 Å². The van der Waals surface area contributed by atoms with Crippen molar-refractivity contribution in [2.75, 3.05) is 11.1 Å². The highest BCUT2D eigenvalue weighted by Crippen LogP contribution is 2.23. The Kier molecular flexibility index (Phi) is 6.00. The third kappa shape index (κ3) is 4.26. The van der Waals surface area contributed by atoms with Crippen molar-refractivity contribution in [1.82, 2.24) is 19.2 Å². The zero-order chi connectivity index (χ0) is 24.5. The molecule has 7 nitrogen and oxygen atoms in total. The van der Waals surface area contributed by atoms with Gasteiger partial charge >= 0.3 is 0 Å². The minimum atomic E-state index is -1.67. The molecule has 5 aromatic rings. The number of nitrogens with zero attached hydrogens (tertiary/aromatic N) is 4. The summed E-state index contributed by atoms with van der Waals surface area (Å²) in [6.45, 7) is 0.271. The Morgan fingerprint density at radius 2 is 1.66 bits per heavy atom. The Bertz CT molecular complexity index is 1640. The van der Waals surface area contributed by atoms with Crippen LogP contribution in [0, 0.1) is 17.5 Å². The maximum Gasteiger partial charge on any atom is 0.263 e. The first kappa shape index (κ1) is 22.7. The van der Waals surface area contributed by atoms with Gasteiger partial charge in [0, 0.05) is 0 Å². The maximum atomic E-state index is 13.9. The molecule has 0 unspecified atom stereocenters. The number of benzene rings is 3. The van der Waals surface area contributed by atoms with E-state index in [1.54, 1.807) is 28.7 Å². The number of amides is 1. The van der Waals surface area contributed by atoms with Crippen molar-refractivity contribution >= 4 is 40.0 Å². The molecular weight excluding hydrogens is 479 g/mol. The number of thioether (sulfide) groups is 1. The highest BCUT2D eigenvalue weighted by atomic mass is 32.2. The van der Waals surface area contributed by atoms with E-state index in [1.165, 1.54) is 4.57 Å². The first-order chi connectivity index (χ1) is 16.9. The minimum Gasteiger partial charge on any atom is -0.323 e. The lowest BCUT2D eigenvalue weighted by Gasteiger charge is -2.11. The molecule has 0 spiro atoms. The van der Waals surface area contributed by atoms with Crippen LogP contribution < -0.4 is 10.9 Å². The molecule has 0 radical (unpaired) electrons. The summed E-state index contributed by atoms with van der Waals surface area (Å²) in [6.07, 6.45) is 0. The Labute approximate surface area is 200 Å². The zero-order valence-electron chi connectivity index (χ0n) is 17.9. The van der Waals surface area contributed by atoms with Gasteiger partial charge in [-0.2, -0.15) is 0 Å². The molecule has 1 amide bonds. The van der Waals surface area contributed by atoms with E-state index in [4.69, 9.17) is 0 Å². The van der Waals surface area contributed by atoms with Gasteiger partial charge in [-0.3, -0.25) is 18.6 Å². The highest BCUT2D eigenvalue weighted by Gasteiger charge is 2.19. The fourth-order valence-corrected chi connectivity index (χ4v) is 4.41. The van der Waals surface area contributed by atoms with E-state index in [0.717, 1.165) is 29.5 Å². The first-order valence-corrected chi connectivity index (χ1v) is 11.4. The highest BCUT2D eigenvalue weighted by molar-refractivity contribution is 7.99. The minimum absolute atomic E-state index is 0.217. The van der Waals surface area contributed by atoms with Gasteiger partial charge in [0.25, 0.3) is 5.56 Å². The fraction of sp³-hybridized carbons (Fsp3) is 0.0833. The Balaban J connectivity index is 1.48. The Morgan fingerprint density at radius 3 is 2.46 bits per heavy atom. The van der Waals surface area contributed by atoms with Crippen LogP contribution in [0.1, 0.15) is 5.56 Å². The number of rotatable bonds is 6. The second-order valence-electron chi connectivity index (χ2n) is 7.57. The van der Waals surface area contributed by atoms with Crippen molar-refractivity contribution in [1.29, 1.82) is 0 Å². The molecule has 35 heavy (non-hydrogen) atoms. The number of fused-ring (bicyclic) bond motifs is 3. The van der Waals surface area contributed by atoms with Crippen molar-refractivity contribution in [2.45, 2.75) is 11.7 Å². The topological polar surface area (TPSA) is 81.3 Å². The van der Waals surface area contributed by atoms with Gasteiger partial charge in [-0.1, -0.05) is 54.2 Å². The molecule has 0 bridgehead atoms. The monoisotopic (exact) mass is 495 g/mol. The Morgan fingerprint density at radius 1 is 0.914 bits per heavy atom. The van der Waals surface area contributed by atoms with Crippen LogP contribution >= 0.6 is 11.8 Å². The van der Waals surface area contributed by atoms with Crippen LogP contribution in [0.3, 0.4) is 0 Å². The largest absolute Gasteiger partial charge is 0.323 e. The number of carbonyl (C=O) groups excluding carboxylic acids is 1. The number of hydrogen-bond donors (Lipinski definition) is 1. The van der Waals surface area contributed by atoms with E-state index >= 15 is 0 Å². The molecule has 0 aliphatic heterocycles. The summed E-state index contributed by atoms with van der Waals surface area (Å²) in [5, 5.41) is 11.4. The normalized spacial score (nSPS) is 11.3. The summed E-state index contributed by atoms with van der Waals surface area (Å²) < 4.78 is 43.6. The number of nitrogens with one attached hydrogen (secondary N) is 1. The van der Waals surface area contributed by atoms with Crippen molar-refractivity contribution in [2.24, 2.45) is 0 Å². The predicted molar refractivity (Wildman–Crippen MR) is 126 cm³/mol. The molecular formula is C24H16F3N5O2S. The smallest absolute Gasteiger partial charge is 0.263 e. The van der Waals surface area contributed by atoms with E-state index in [0.29, 0.717) is 21.8 Å². The summed E-state index contributed by atoms with van der Waals surface area (Å²) in [5.41, 5.74) is 0.767. The number of carbonyl (C=O) groups is 1. The summed E-state index contributed by atoms with van der Waals surface area (Å²) in [6, 6.07) is 18.1. The van der Waals surface area contributed by atoms with Crippen LogP contribution in [-0.2, 0) is 11.3 Å². The van der Waals surface area contributed by atoms with Gasteiger partial charge in [-0.05, 0) is 29.8 Å². The lowest BCUT2D eigenvalue weighted by atomic mass is 10.2. The molecule has 3 aromatic carbocycles. The maximum absolute atomic E-state index is 13.9. The van der Waals surface area contributed by atoms with Crippen LogP contribution in [0.5, 0.6) is 0 Å². The zero-order valence-corrected chi connectivity index (χ0v) is 18.7. The molecule has 2 aromatic heterocycles. The third-order valence-corrected chi connectivity index (χ3v) is 6.23. The number of aromatic nitrogens is 4. The molecule has 176 valence electrons. The first-order valence-electron chi connectivity index (χ1n) is 10.4. The molecule has 0 fully saturated rings. The number of hydrogen-bond acceptors (Lipinski definition) is 5. The van der Waals surface area contributed by atoms with E-state index in [9.17, 15) is 22.8 Å². The van der Waals surface area contributed by atoms with Crippen LogP contribution in [0.15, 0.2) is 76.7 Å². The Hall–Kier alpha value is -4.12. The van der Waals surface area contributed by atoms with Crippen LogP contribution in [-0.4, -0.2) is 30.8 Å². The van der Waals surface area contributed by atoms with Crippen molar-refractivity contribution in [3.8, 4) is 0 Å². The molecule has 5 rings (SSSR count). The van der Waals surface area contributed by atoms with Crippen LogP contribution in [0.4, 0.5) is 18.9 Å². The molecule has 1 N–H and O–H groups in total. The number of halogens is 3. The van der Waals surface area contributed by atoms with Gasteiger partial charge in [0.15, 0.2) is 22.6 Å². The number of para-hydroxylation sites is 1. The number of anilines is 1. The summed E-state index contributed by atoms with van der Waals surface area (Å²) in [4.78, 5) is 25.6. The van der Waals surface area contributed by atoms with Gasteiger partial charge in [0.05, 0.1) is 28.9 Å². The molecule has 0 aliphatic rings. The second kappa shape index (κ2) is 9.26. The molecule has 0 saturated heterocycles. The average molecular weight is 495 g/mol. The van der Waals surface area contributed by atoms with Crippen LogP contribution in [0.25, 0.3) is 16.7 Å². The van der Waals surface area contributed by atoms with Gasteiger partial charge in [0.2, 0.25) is 11.7 Å². The lowest BCUT2D eigenvalue weighted by Crippen LogP contribution is -2.24. The lowest BCUT2D eigenvalue weighted by molar-refractivity contribution is -0.113. The standard InChI is InChI=1S/C24H16F3N5O2S/c25-16-10-11-17(21(27)20(16)26)28-19(33)13-35-24-30-29-23-31(12-14-6-2-1-3-7-14)22(34)15-8-4-5-9-18(15)32(23)24/h1-11H,12-13H2,(H,28,33). The fourth-order valence-electron chi connectivity index (χ4n) is 3.67. The van der Waals surface area contributed by atoms with E-state index < -0.39 is 29.0 Å². The molecule has 2 heterocycles. The summed E-state index contributed by atoms with van der Waals surface area (Å²) in [5.74, 6) is -5.07. The molecule has 0 aliphatic carbocycles. The summed E-state index contributed by atoms with van der Waals surface area (Å²) >= 11 is 1.00.